The number of carbonyl (C=O) groups excluding carboxylic acids is 2. The van der Waals surface area contributed by atoms with Crippen LogP contribution in [0.2, 0.25) is 0 Å². The molecule has 2 aliphatic rings. The Labute approximate surface area is 108 Å². The molecule has 0 radical (unpaired) electrons. The third-order valence-electron chi connectivity index (χ3n) is 3.82. The molecule has 1 aromatic carbocycles. The third kappa shape index (κ3) is 1.67. The Balaban J connectivity index is 2.04. The average Bonchev–Trinajstić information content (AvgIpc) is 2.86. The van der Waals surface area contributed by atoms with Crippen LogP contribution in [-0.4, -0.2) is 28.8 Å². The normalized spacial score (nSPS) is 26.2. The molecular weight excluding hydrogens is 254 g/mol. The van der Waals surface area contributed by atoms with E-state index in [1.54, 1.807) is 0 Å². The maximum atomic E-state index is 13.2. The van der Waals surface area contributed by atoms with Gasteiger partial charge in [-0.2, -0.15) is 0 Å². The predicted molar refractivity (Wildman–Crippen MR) is 62.5 cm³/mol. The minimum Gasteiger partial charge on any atom is -0.326 e. The Bertz CT molecular complexity index is 547. The number of rotatable bonds is 1. The standard InChI is InChI=1S/C13H12F2N2O2/c14-8-4-6-7(5-9(8)15)13(19)17(12(6)18)11-3-1-2-10(11)16/h4-5,10-11H,1-3,16H2. The highest BCUT2D eigenvalue weighted by Gasteiger charge is 2.44. The molecule has 0 spiro atoms. The lowest BCUT2D eigenvalue weighted by molar-refractivity contribution is 0.0575. The van der Waals surface area contributed by atoms with Gasteiger partial charge in [-0.3, -0.25) is 14.5 Å². The lowest BCUT2D eigenvalue weighted by Crippen LogP contribution is -2.47. The zero-order valence-corrected chi connectivity index (χ0v) is 10.0. The number of nitrogens with two attached hydrogens (primary N) is 1. The highest BCUT2D eigenvalue weighted by atomic mass is 19.2. The van der Waals surface area contributed by atoms with Crippen LogP contribution in [0.3, 0.4) is 0 Å². The van der Waals surface area contributed by atoms with Gasteiger partial charge in [0, 0.05) is 6.04 Å². The first-order valence-corrected chi connectivity index (χ1v) is 6.13. The number of fused-ring (bicyclic) bond motifs is 1. The molecule has 1 saturated carbocycles. The fourth-order valence-electron chi connectivity index (χ4n) is 2.84. The molecule has 1 aliphatic heterocycles. The van der Waals surface area contributed by atoms with E-state index in [9.17, 15) is 18.4 Å². The predicted octanol–water partition coefficient (Wildman–Crippen LogP) is 1.44. The van der Waals surface area contributed by atoms with Crippen molar-refractivity contribution in [2.24, 2.45) is 5.73 Å². The van der Waals surface area contributed by atoms with Gasteiger partial charge in [-0.1, -0.05) is 0 Å². The Kier molecular flexibility index (Phi) is 2.63. The Hall–Kier alpha value is -1.82. The van der Waals surface area contributed by atoms with Gasteiger partial charge in [-0.25, -0.2) is 8.78 Å². The number of amides is 2. The van der Waals surface area contributed by atoms with Crippen molar-refractivity contribution < 1.29 is 18.4 Å². The number of hydrogen-bond acceptors (Lipinski definition) is 3. The first-order valence-electron chi connectivity index (χ1n) is 6.13. The quantitative estimate of drug-likeness (QED) is 0.782. The summed E-state index contributed by atoms with van der Waals surface area (Å²) in [5.41, 5.74) is 5.72. The van der Waals surface area contributed by atoms with E-state index in [1.165, 1.54) is 0 Å². The summed E-state index contributed by atoms with van der Waals surface area (Å²) in [5.74, 6) is -3.42. The van der Waals surface area contributed by atoms with Gasteiger partial charge in [0.2, 0.25) is 0 Å². The van der Waals surface area contributed by atoms with Gasteiger partial charge in [-0.05, 0) is 31.4 Å². The number of imide groups is 1. The monoisotopic (exact) mass is 266 g/mol. The van der Waals surface area contributed by atoms with E-state index >= 15 is 0 Å². The van der Waals surface area contributed by atoms with Crippen LogP contribution in [0, 0.1) is 11.6 Å². The molecule has 1 aliphatic carbocycles. The summed E-state index contributed by atoms with van der Waals surface area (Å²) in [6.45, 7) is 0. The van der Waals surface area contributed by atoms with Crippen LogP contribution in [0.4, 0.5) is 8.78 Å². The molecule has 2 amide bonds. The van der Waals surface area contributed by atoms with Gasteiger partial charge in [0.25, 0.3) is 11.8 Å². The maximum absolute atomic E-state index is 13.2. The summed E-state index contributed by atoms with van der Waals surface area (Å²) in [6, 6.07) is 0.923. The molecule has 2 N–H and O–H groups in total. The fraction of sp³-hybridized carbons (Fsp3) is 0.385. The van der Waals surface area contributed by atoms with Crippen LogP contribution < -0.4 is 5.73 Å². The van der Waals surface area contributed by atoms with Gasteiger partial charge >= 0.3 is 0 Å². The van der Waals surface area contributed by atoms with Crippen molar-refractivity contribution in [1.82, 2.24) is 4.90 Å². The summed E-state index contributed by atoms with van der Waals surface area (Å²) in [5, 5.41) is 0. The summed E-state index contributed by atoms with van der Waals surface area (Å²) >= 11 is 0. The molecule has 6 heteroatoms. The third-order valence-corrected chi connectivity index (χ3v) is 3.82. The van der Waals surface area contributed by atoms with Gasteiger partial charge in [0.05, 0.1) is 17.2 Å². The minimum atomic E-state index is -1.13. The number of benzene rings is 1. The Morgan fingerprint density at radius 1 is 1.05 bits per heavy atom. The van der Waals surface area contributed by atoms with Crippen molar-refractivity contribution in [2.45, 2.75) is 31.3 Å². The molecule has 100 valence electrons. The maximum Gasteiger partial charge on any atom is 0.261 e. The van der Waals surface area contributed by atoms with Crippen LogP contribution in [0.25, 0.3) is 0 Å². The first kappa shape index (κ1) is 12.2. The van der Waals surface area contributed by atoms with E-state index in [0.29, 0.717) is 6.42 Å². The number of hydrogen-bond donors (Lipinski definition) is 1. The lowest BCUT2D eigenvalue weighted by Gasteiger charge is -2.25. The van der Waals surface area contributed by atoms with Gasteiger partial charge in [-0.15, -0.1) is 0 Å². The summed E-state index contributed by atoms with van der Waals surface area (Å²) in [6.07, 6.45) is 2.21. The van der Waals surface area contributed by atoms with Crippen LogP contribution in [0.5, 0.6) is 0 Å². The molecule has 0 aromatic heterocycles. The molecule has 2 unspecified atom stereocenters. The lowest BCUT2D eigenvalue weighted by atomic mass is 10.1. The van der Waals surface area contributed by atoms with Crippen LogP contribution >= 0.6 is 0 Å². The van der Waals surface area contributed by atoms with Crippen molar-refractivity contribution in [3.05, 3.63) is 34.9 Å². The summed E-state index contributed by atoms with van der Waals surface area (Å²) in [4.78, 5) is 25.4. The van der Waals surface area contributed by atoms with Crippen molar-refractivity contribution in [2.75, 3.05) is 0 Å². The molecule has 0 bridgehead atoms. The van der Waals surface area contributed by atoms with Crippen molar-refractivity contribution in [3.63, 3.8) is 0 Å². The topological polar surface area (TPSA) is 63.4 Å². The second-order valence-electron chi connectivity index (χ2n) is 4.95. The smallest absolute Gasteiger partial charge is 0.261 e. The largest absolute Gasteiger partial charge is 0.326 e. The van der Waals surface area contributed by atoms with E-state index in [4.69, 9.17) is 5.73 Å². The second kappa shape index (κ2) is 4.09. The number of halogens is 2. The van der Waals surface area contributed by atoms with E-state index in [0.717, 1.165) is 29.9 Å². The van der Waals surface area contributed by atoms with Gasteiger partial charge in [0.15, 0.2) is 11.6 Å². The zero-order chi connectivity index (χ0) is 13.7. The number of carbonyl (C=O) groups is 2. The van der Waals surface area contributed by atoms with Crippen LogP contribution in [-0.2, 0) is 0 Å². The summed E-state index contributed by atoms with van der Waals surface area (Å²) in [7, 11) is 0. The van der Waals surface area contributed by atoms with Gasteiger partial charge in [0.1, 0.15) is 0 Å². The SMILES string of the molecule is NC1CCCC1N1C(=O)c2cc(F)c(F)cc2C1=O. The molecule has 1 fully saturated rings. The Morgan fingerprint density at radius 3 is 2.00 bits per heavy atom. The van der Waals surface area contributed by atoms with Crippen LogP contribution in [0.15, 0.2) is 12.1 Å². The van der Waals surface area contributed by atoms with E-state index < -0.39 is 23.4 Å². The molecule has 2 atom stereocenters. The fourth-order valence-corrected chi connectivity index (χ4v) is 2.84. The highest BCUT2D eigenvalue weighted by molar-refractivity contribution is 6.21. The molecule has 1 heterocycles. The molecule has 0 saturated heterocycles. The first-order chi connectivity index (χ1) is 9.00. The summed E-state index contributed by atoms with van der Waals surface area (Å²) < 4.78 is 26.3. The molecule has 1 aromatic rings. The van der Waals surface area contributed by atoms with Crippen molar-refractivity contribution in [1.29, 1.82) is 0 Å². The Morgan fingerprint density at radius 2 is 1.58 bits per heavy atom. The van der Waals surface area contributed by atoms with Crippen molar-refractivity contribution in [3.8, 4) is 0 Å². The molecule has 4 nitrogen and oxygen atoms in total. The van der Waals surface area contributed by atoms with E-state index in [1.807, 2.05) is 0 Å². The number of nitrogens with zero attached hydrogens (tertiary/aromatic N) is 1. The highest BCUT2D eigenvalue weighted by Crippen LogP contribution is 2.32. The average molecular weight is 266 g/mol. The van der Waals surface area contributed by atoms with E-state index in [-0.39, 0.29) is 23.2 Å². The van der Waals surface area contributed by atoms with Crippen LogP contribution in [0.1, 0.15) is 40.0 Å². The molecule has 19 heavy (non-hydrogen) atoms. The molecular formula is C13H12F2N2O2. The molecule has 3 rings (SSSR count). The van der Waals surface area contributed by atoms with E-state index in [2.05, 4.69) is 0 Å². The zero-order valence-electron chi connectivity index (χ0n) is 10.0. The minimum absolute atomic E-state index is 0.0806. The van der Waals surface area contributed by atoms with Gasteiger partial charge < -0.3 is 5.73 Å². The van der Waals surface area contributed by atoms with Crippen molar-refractivity contribution >= 4 is 11.8 Å². The second-order valence-corrected chi connectivity index (χ2v) is 4.95.